The Balaban J connectivity index is 2.00. The van der Waals surface area contributed by atoms with Gasteiger partial charge >= 0.3 is 5.97 Å². The van der Waals surface area contributed by atoms with Crippen LogP contribution in [0.2, 0.25) is 0 Å². The second-order valence-corrected chi connectivity index (χ2v) is 6.07. The van der Waals surface area contributed by atoms with E-state index in [9.17, 15) is 4.79 Å². The van der Waals surface area contributed by atoms with Crippen LogP contribution in [0.25, 0.3) is 6.08 Å². The molecule has 1 heterocycles. The highest BCUT2D eigenvalue weighted by molar-refractivity contribution is 9.10. The summed E-state index contributed by atoms with van der Waals surface area (Å²) in [6, 6.07) is 12.9. The topological polar surface area (TPSA) is 57.1 Å². The van der Waals surface area contributed by atoms with Crippen molar-refractivity contribution in [3.63, 3.8) is 0 Å². The van der Waals surface area contributed by atoms with Crippen molar-refractivity contribution in [2.75, 3.05) is 13.7 Å². The van der Waals surface area contributed by atoms with Crippen molar-refractivity contribution in [1.82, 2.24) is 0 Å². The summed E-state index contributed by atoms with van der Waals surface area (Å²) in [5.74, 6) is 0.964. The monoisotopic (exact) mass is 401 g/mol. The van der Waals surface area contributed by atoms with E-state index < -0.39 is 5.97 Å². The second kappa shape index (κ2) is 7.53. The van der Waals surface area contributed by atoms with Gasteiger partial charge < -0.3 is 14.2 Å². The smallest absolute Gasteiger partial charge is 0.363 e. The molecule has 0 N–H and O–H groups in total. The molecule has 0 spiro atoms. The molecular weight excluding hydrogens is 386 g/mol. The number of aliphatic imine (C=N–C) groups is 1. The van der Waals surface area contributed by atoms with E-state index in [1.807, 2.05) is 37.3 Å². The summed E-state index contributed by atoms with van der Waals surface area (Å²) < 4.78 is 17.1. The zero-order valence-electron chi connectivity index (χ0n) is 13.8. The molecule has 0 saturated carbocycles. The van der Waals surface area contributed by atoms with Crippen LogP contribution in [-0.4, -0.2) is 25.6 Å². The van der Waals surface area contributed by atoms with Crippen molar-refractivity contribution < 1.29 is 19.0 Å². The van der Waals surface area contributed by atoms with Crippen LogP contribution in [0.15, 0.2) is 57.6 Å². The molecule has 3 rings (SSSR count). The molecule has 1 aliphatic heterocycles. The van der Waals surface area contributed by atoms with Crippen LogP contribution >= 0.6 is 15.9 Å². The van der Waals surface area contributed by atoms with Gasteiger partial charge in [0.15, 0.2) is 5.70 Å². The van der Waals surface area contributed by atoms with Crippen LogP contribution in [0, 0.1) is 0 Å². The number of para-hydroxylation sites is 1. The number of methoxy groups -OCH3 is 1. The van der Waals surface area contributed by atoms with Gasteiger partial charge in [0.1, 0.15) is 11.5 Å². The quantitative estimate of drug-likeness (QED) is 0.556. The highest BCUT2D eigenvalue weighted by Crippen LogP contribution is 2.29. The van der Waals surface area contributed by atoms with Gasteiger partial charge in [-0.05, 0) is 37.3 Å². The van der Waals surface area contributed by atoms with Gasteiger partial charge in [-0.3, -0.25) is 0 Å². The minimum Gasteiger partial charge on any atom is -0.496 e. The first kappa shape index (κ1) is 17.2. The minimum atomic E-state index is -0.511. The highest BCUT2D eigenvalue weighted by atomic mass is 79.9. The number of esters is 1. The fraction of sp³-hybridized carbons (Fsp3) is 0.158. The summed E-state index contributed by atoms with van der Waals surface area (Å²) in [5, 5.41) is 0. The van der Waals surface area contributed by atoms with E-state index in [-0.39, 0.29) is 11.6 Å². The summed E-state index contributed by atoms with van der Waals surface area (Å²) in [5.41, 5.74) is 1.58. The fourth-order valence-corrected chi connectivity index (χ4v) is 2.77. The molecule has 128 valence electrons. The van der Waals surface area contributed by atoms with Crippen molar-refractivity contribution >= 4 is 33.9 Å². The molecule has 1 aliphatic rings. The summed E-state index contributed by atoms with van der Waals surface area (Å²) in [4.78, 5) is 16.6. The number of carbonyl (C=O) groups excluding carboxylic acids is 1. The van der Waals surface area contributed by atoms with Crippen molar-refractivity contribution in [1.29, 1.82) is 0 Å². The van der Waals surface area contributed by atoms with Crippen LogP contribution in [0.3, 0.4) is 0 Å². The zero-order chi connectivity index (χ0) is 17.8. The highest BCUT2D eigenvalue weighted by Gasteiger charge is 2.26. The molecule has 0 aromatic heterocycles. The molecular formula is C19H16BrNO4. The number of rotatable bonds is 5. The predicted octanol–water partition coefficient (Wildman–Crippen LogP) is 4.20. The summed E-state index contributed by atoms with van der Waals surface area (Å²) in [6.45, 7) is 2.44. The SMILES string of the molecule is CCOc1ccccc1/C=C1\N=C(c2cc(Br)ccc2OC)OC1=O. The lowest BCUT2D eigenvalue weighted by atomic mass is 10.1. The molecule has 6 heteroatoms. The van der Waals surface area contributed by atoms with Crippen LogP contribution < -0.4 is 9.47 Å². The van der Waals surface area contributed by atoms with E-state index in [0.29, 0.717) is 23.7 Å². The lowest BCUT2D eigenvalue weighted by molar-refractivity contribution is -0.129. The van der Waals surface area contributed by atoms with E-state index in [1.54, 1.807) is 25.3 Å². The van der Waals surface area contributed by atoms with Crippen LogP contribution in [0.1, 0.15) is 18.1 Å². The van der Waals surface area contributed by atoms with Gasteiger partial charge in [0.25, 0.3) is 0 Å². The Morgan fingerprint density at radius 3 is 2.76 bits per heavy atom. The first-order chi connectivity index (χ1) is 12.1. The minimum absolute atomic E-state index is 0.211. The molecule has 5 nitrogen and oxygen atoms in total. The summed E-state index contributed by atoms with van der Waals surface area (Å²) >= 11 is 3.40. The van der Waals surface area contributed by atoms with Crippen LogP contribution in [0.4, 0.5) is 0 Å². The van der Waals surface area contributed by atoms with Gasteiger partial charge in [0, 0.05) is 10.0 Å². The molecule has 0 aliphatic carbocycles. The predicted molar refractivity (Wildman–Crippen MR) is 98.9 cm³/mol. The number of hydrogen-bond acceptors (Lipinski definition) is 5. The third kappa shape index (κ3) is 3.74. The van der Waals surface area contributed by atoms with Crippen LogP contribution in [-0.2, 0) is 9.53 Å². The molecule has 0 amide bonds. The number of ether oxygens (including phenoxy) is 3. The number of benzene rings is 2. The standard InChI is InChI=1S/C19H16BrNO4/c1-3-24-16-7-5-4-6-12(16)10-15-19(22)25-18(21-15)14-11-13(20)8-9-17(14)23-2/h4-11H,3H2,1-2H3/b15-10-. The van der Waals surface area contributed by atoms with Gasteiger partial charge in [0.05, 0.1) is 19.3 Å². The van der Waals surface area contributed by atoms with Gasteiger partial charge in [-0.25, -0.2) is 9.79 Å². The van der Waals surface area contributed by atoms with Crippen molar-refractivity contribution in [3.8, 4) is 11.5 Å². The molecule has 2 aromatic carbocycles. The third-order valence-electron chi connectivity index (χ3n) is 3.52. The lowest BCUT2D eigenvalue weighted by Crippen LogP contribution is -2.07. The molecule has 0 fully saturated rings. The van der Waals surface area contributed by atoms with Crippen molar-refractivity contribution in [2.45, 2.75) is 6.92 Å². The molecule has 2 aromatic rings. The molecule has 0 saturated heterocycles. The van der Waals surface area contributed by atoms with E-state index in [1.165, 1.54) is 0 Å². The van der Waals surface area contributed by atoms with E-state index >= 15 is 0 Å². The fourth-order valence-electron chi connectivity index (χ4n) is 2.41. The van der Waals surface area contributed by atoms with E-state index in [0.717, 1.165) is 10.0 Å². The first-order valence-electron chi connectivity index (χ1n) is 7.70. The van der Waals surface area contributed by atoms with Gasteiger partial charge in [-0.2, -0.15) is 0 Å². The number of halogens is 1. The average Bonchev–Trinajstić information content (AvgIpc) is 2.97. The number of cyclic esters (lactones) is 1. The Morgan fingerprint density at radius 2 is 2.00 bits per heavy atom. The number of nitrogens with zero attached hydrogens (tertiary/aromatic N) is 1. The Kier molecular flexibility index (Phi) is 5.19. The molecule has 0 radical (unpaired) electrons. The van der Waals surface area contributed by atoms with Crippen LogP contribution in [0.5, 0.6) is 11.5 Å². The Hall–Kier alpha value is -2.60. The zero-order valence-corrected chi connectivity index (χ0v) is 15.4. The Bertz CT molecular complexity index is 873. The van der Waals surface area contributed by atoms with Gasteiger partial charge in [-0.1, -0.05) is 34.1 Å². The maximum atomic E-state index is 12.2. The maximum absolute atomic E-state index is 12.2. The first-order valence-corrected chi connectivity index (χ1v) is 8.50. The molecule has 25 heavy (non-hydrogen) atoms. The Morgan fingerprint density at radius 1 is 1.20 bits per heavy atom. The molecule has 0 atom stereocenters. The molecule has 0 bridgehead atoms. The normalized spacial score (nSPS) is 15.1. The van der Waals surface area contributed by atoms with E-state index in [4.69, 9.17) is 14.2 Å². The van der Waals surface area contributed by atoms with E-state index in [2.05, 4.69) is 20.9 Å². The van der Waals surface area contributed by atoms with Crippen molar-refractivity contribution in [2.24, 2.45) is 4.99 Å². The summed E-state index contributed by atoms with van der Waals surface area (Å²) in [7, 11) is 1.55. The largest absolute Gasteiger partial charge is 0.496 e. The number of carbonyl (C=O) groups is 1. The van der Waals surface area contributed by atoms with Crippen molar-refractivity contribution in [3.05, 3.63) is 63.8 Å². The number of hydrogen-bond donors (Lipinski definition) is 0. The Labute approximate surface area is 154 Å². The third-order valence-corrected chi connectivity index (χ3v) is 4.02. The maximum Gasteiger partial charge on any atom is 0.363 e. The second-order valence-electron chi connectivity index (χ2n) is 5.15. The van der Waals surface area contributed by atoms with Gasteiger partial charge in [0.2, 0.25) is 5.90 Å². The average molecular weight is 402 g/mol. The van der Waals surface area contributed by atoms with Gasteiger partial charge in [-0.15, -0.1) is 0 Å². The lowest BCUT2D eigenvalue weighted by Gasteiger charge is -2.07. The summed E-state index contributed by atoms with van der Waals surface area (Å²) in [6.07, 6.45) is 1.66. The molecule has 0 unspecified atom stereocenters.